The molecule has 1 heterocycles. The van der Waals surface area contributed by atoms with Crippen LogP contribution in [0, 0.1) is 13.8 Å². The van der Waals surface area contributed by atoms with Crippen LogP contribution in [0.3, 0.4) is 0 Å². The number of hydrogen-bond acceptors (Lipinski definition) is 3. The summed E-state index contributed by atoms with van der Waals surface area (Å²) in [5, 5.41) is 11.9. The molecule has 0 atom stereocenters. The summed E-state index contributed by atoms with van der Waals surface area (Å²) in [7, 11) is 0. The zero-order valence-corrected chi connectivity index (χ0v) is 11.5. The van der Waals surface area contributed by atoms with E-state index in [4.69, 9.17) is 5.21 Å². The van der Waals surface area contributed by atoms with E-state index in [1.807, 2.05) is 18.7 Å². The van der Waals surface area contributed by atoms with Gasteiger partial charge in [0.2, 0.25) is 5.91 Å². The maximum atomic E-state index is 12.2. The fraction of sp³-hybridized carbons (Fsp3) is 0.467. The van der Waals surface area contributed by atoms with Crippen LogP contribution in [0.2, 0.25) is 0 Å². The number of oxime groups is 1. The molecule has 0 aromatic heterocycles. The summed E-state index contributed by atoms with van der Waals surface area (Å²) in [5.74, 6) is 0.158. The summed E-state index contributed by atoms with van der Waals surface area (Å²) in [5.41, 5.74) is 4.23. The lowest BCUT2D eigenvalue weighted by molar-refractivity contribution is -0.130. The monoisotopic (exact) mass is 260 g/mol. The number of amides is 1. The summed E-state index contributed by atoms with van der Waals surface area (Å²) >= 11 is 0. The molecule has 0 aliphatic carbocycles. The number of carbonyl (C=O) groups excluding carboxylic acids is 1. The maximum Gasteiger partial charge on any atom is 0.227 e. The molecule has 1 aromatic carbocycles. The molecule has 0 unspecified atom stereocenters. The number of piperidine rings is 1. The average molecular weight is 260 g/mol. The van der Waals surface area contributed by atoms with Crippen molar-refractivity contribution in [3.63, 3.8) is 0 Å². The van der Waals surface area contributed by atoms with Gasteiger partial charge in [-0.2, -0.15) is 0 Å². The van der Waals surface area contributed by atoms with Gasteiger partial charge in [0.05, 0.1) is 12.1 Å². The normalized spacial score (nSPS) is 15.5. The van der Waals surface area contributed by atoms with Crippen LogP contribution in [0.4, 0.5) is 0 Å². The SMILES string of the molecule is Cc1ccc(C)c(CC(=O)N2CCC(=NO)CC2)c1. The van der Waals surface area contributed by atoms with Crippen LogP contribution < -0.4 is 0 Å². The molecule has 0 saturated carbocycles. The summed E-state index contributed by atoms with van der Waals surface area (Å²) in [6.45, 7) is 5.39. The number of rotatable bonds is 2. The van der Waals surface area contributed by atoms with Crippen LogP contribution in [0.25, 0.3) is 0 Å². The number of carbonyl (C=O) groups is 1. The van der Waals surface area contributed by atoms with Gasteiger partial charge in [0.15, 0.2) is 0 Å². The predicted molar refractivity (Wildman–Crippen MR) is 74.7 cm³/mol. The maximum absolute atomic E-state index is 12.2. The third-order valence-corrected chi connectivity index (χ3v) is 3.68. The first-order valence-corrected chi connectivity index (χ1v) is 6.64. The van der Waals surface area contributed by atoms with E-state index in [1.165, 1.54) is 5.56 Å². The van der Waals surface area contributed by atoms with Gasteiger partial charge in [-0.05, 0) is 25.0 Å². The number of nitrogens with zero attached hydrogens (tertiary/aromatic N) is 2. The molecule has 1 saturated heterocycles. The minimum atomic E-state index is 0.158. The zero-order chi connectivity index (χ0) is 13.8. The first kappa shape index (κ1) is 13.6. The predicted octanol–water partition coefficient (Wildman–Crippen LogP) is 2.30. The average Bonchev–Trinajstić information content (AvgIpc) is 2.43. The van der Waals surface area contributed by atoms with Crippen LogP contribution in [0.15, 0.2) is 23.4 Å². The highest BCUT2D eigenvalue weighted by Crippen LogP contribution is 2.14. The minimum absolute atomic E-state index is 0.158. The van der Waals surface area contributed by atoms with Crippen LogP contribution in [0.5, 0.6) is 0 Å². The molecule has 1 aliphatic rings. The Hall–Kier alpha value is -1.84. The third kappa shape index (κ3) is 3.34. The second-order valence-electron chi connectivity index (χ2n) is 5.15. The molecule has 0 radical (unpaired) electrons. The molecule has 0 spiro atoms. The fourth-order valence-corrected chi connectivity index (χ4v) is 2.38. The van der Waals surface area contributed by atoms with E-state index in [1.54, 1.807) is 0 Å². The Morgan fingerprint density at radius 1 is 1.32 bits per heavy atom. The number of aryl methyl sites for hydroxylation is 2. The lowest BCUT2D eigenvalue weighted by atomic mass is 10.0. The summed E-state index contributed by atoms with van der Waals surface area (Å²) < 4.78 is 0. The highest BCUT2D eigenvalue weighted by Gasteiger charge is 2.20. The van der Waals surface area contributed by atoms with Crippen molar-refractivity contribution in [2.45, 2.75) is 33.1 Å². The quantitative estimate of drug-likeness (QED) is 0.655. The highest BCUT2D eigenvalue weighted by atomic mass is 16.4. The van der Waals surface area contributed by atoms with Gasteiger partial charge in [0, 0.05) is 25.9 Å². The lowest BCUT2D eigenvalue weighted by Gasteiger charge is -2.27. The summed E-state index contributed by atoms with van der Waals surface area (Å²) in [6.07, 6.45) is 1.81. The summed E-state index contributed by atoms with van der Waals surface area (Å²) in [6, 6.07) is 6.21. The van der Waals surface area contributed by atoms with Gasteiger partial charge < -0.3 is 10.1 Å². The fourth-order valence-electron chi connectivity index (χ4n) is 2.38. The van der Waals surface area contributed by atoms with Gasteiger partial charge >= 0.3 is 0 Å². The third-order valence-electron chi connectivity index (χ3n) is 3.68. The van der Waals surface area contributed by atoms with Gasteiger partial charge in [-0.3, -0.25) is 4.79 Å². The lowest BCUT2D eigenvalue weighted by Crippen LogP contribution is -2.39. The van der Waals surface area contributed by atoms with Gasteiger partial charge in [0.1, 0.15) is 0 Å². The van der Waals surface area contributed by atoms with Gasteiger partial charge in [-0.15, -0.1) is 0 Å². The van der Waals surface area contributed by atoms with Crippen LogP contribution in [-0.2, 0) is 11.2 Å². The van der Waals surface area contributed by atoms with Crippen molar-refractivity contribution in [1.29, 1.82) is 0 Å². The Balaban J connectivity index is 2.00. The second kappa shape index (κ2) is 5.87. The van der Waals surface area contributed by atoms with Crippen molar-refractivity contribution in [3.8, 4) is 0 Å². The molecule has 19 heavy (non-hydrogen) atoms. The molecular formula is C15H20N2O2. The Morgan fingerprint density at radius 2 is 2.00 bits per heavy atom. The molecule has 102 valence electrons. The molecular weight excluding hydrogens is 240 g/mol. The van der Waals surface area contributed by atoms with Crippen LogP contribution in [-0.4, -0.2) is 34.8 Å². The van der Waals surface area contributed by atoms with Crippen LogP contribution >= 0.6 is 0 Å². The highest BCUT2D eigenvalue weighted by molar-refractivity contribution is 5.87. The molecule has 4 nitrogen and oxygen atoms in total. The van der Waals surface area contributed by atoms with Crippen LogP contribution in [0.1, 0.15) is 29.5 Å². The van der Waals surface area contributed by atoms with Gasteiger partial charge in [-0.25, -0.2) is 0 Å². The zero-order valence-electron chi connectivity index (χ0n) is 11.5. The van der Waals surface area contributed by atoms with E-state index in [2.05, 4.69) is 23.4 Å². The molecule has 1 amide bonds. The molecule has 1 N–H and O–H groups in total. The first-order valence-electron chi connectivity index (χ1n) is 6.64. The van der Waals surface area contributed by atoms with Gasteiger partial charge in [0.25, 0.3) is 0 Å². The van der Waals surface area contributed by atoms with Crippen molar-refractivity contribution >= 4 is 11.6 Å². The van der Waals surface area contributed by atoms with E-state index in [0.29, 0.717) is 32.4 Å². The molecule has 4 heteroatoms. The molecule has 1 aliphatic heterocycles. The van der Waals surface area contributed by atoms with E-state index >= 15 is 0 Å². The van der Waals surface area contributed by atoms with Crippen molar-refractivity contribution in [3.05, 3.63) is 34.9 Å². The molecule has 1 fully saturated rings. The molecule has 2 rings (SSSR count). The van der Waals surface area contributed by atoms with Crippen molar-refractivity contribution in [2.24, 2.45) is 5.16 Å². The molecule has 1 aromatic rings. The first-order chi connectivity index (χ1) is 9.10. The number of hydrogen-bond donors (Lipinski definition) is 1. The number of likely N-dealkylation sites (tertiary alicyclic amines) is 1. The minimum Gasteiger partial charge on any atom is -0.411 e. The van der Waals surface area contributed by atoms with E-state index in [0.717, 1.165) is 16.8 Å². The Labute approximate surface area is 113 Å². The smallest absolute Gasteiger partial charge is 0.227 e. The molecule has 0 bridgehead atoms. The second-order valence-corrected chi connectivity index (χ2v) is 5.15. The van der Waals surface area contributed by atoms with Gasteiger partial charge in [-0.1, -0.05) is 28.9 Å². The van der Waals surface area contributed by atoms with Crippen molar-refractivity contribution < 1.29 is 10.0 Å². The van der Waals surface area contributed by atoms with Crippen molar-refractivity contribution in [1.82, 2.24) is 4.90 Å². The Kier molecular flexibility index (Phi) is 4.20. The Bertz CT molecular complexity index is 499. The Morgan fingerprint density at radius 3 is 2.63 bits per heavy atom. The van der Waals surface area contributed by atoms with Crippen molar-refractivity contribution in [2.75, 3.05) is 13.1 Å². The number of benzene rings is 1. The van der Waals surface area contributed by atoms with E-state index < -0.39 is 0 Å². The summed E-state index contributed by atoms with van der Waals surface area (Å²) in [4.78, 5) is 14.1. The largest absolute Gasteiger partial charge is 0.411 e. The van der Waals surface area contributed by atoms with E-state index in [9.17, 15) is 4.79 Å². The van der Waals surface area contributed by atoms with E-state index in [-0.39, 0.29) is 5.91 Å². The standard InChI is InChI=1S/C15H20N2O2/c1-11-3-4-12(2)13(9-11)10-15(18)17-7-5-14(16-19)6-8-17/h3-4,9,19H,5-8,10H2,1-2H3. The topological polar surface area (TPSA) is 52.9 Å².